The summed E-state index contributed by atoms with van der Waals surface area (Å²) >= 11 is 1.67. The molecule has 5 rings (SSSR count). The van der Waals surface area contributed by atoms with E-state index < -0.39 is 11.7 Å². The Morgan fingerprint density at radius 3 is 1.92 bits per heavy atom. The molecular formula is C28H25F3N2O3S. The van der Waals surface area contributed by atoms with Crippen LogP contribution in [-0.4, -0.2) is 54.0 Å². The van der Waals surface area contributed by atoms with Crippen LogP contribution in [0.25, 0.3) is 0 Å². The number of nitrogens with zero attached hydrogens (tertiary/aromatic N) is 2. The van der Waals surface area contributed by atoms with Gasteiger partial charge >= 0.3 is 6.18 Å². The highest BCUT2D eigenvalue weighted by Crippen LogP contribution is 2.40. The highest BCUT2D eigenvalue weighted by Gasteiger charge is 2.54. The van der Waals surface area contributed by atoms with Crippen molar-refractivity contribution >= 4 is 23.6 Å². The Morgan fingerprint density at radius 1 is 0.838 bits per heavy atom. The number of carbonyl (C=O) groups excluding carboxylic acids is 2. The predicted octanol–water partition coefficient (Wildman–Crippen LogP) is 5.75. The lowest BCUT2D eigenvalue weighted by atomic mass is 9.72. The molecule has 0 atom stereocenters. The van der Waals surface area contributed by atoms with Gasteiger partial charge in [-0.15, -0.1) is 11.8 Å². The SMILES string of the molecule is CSc1ccc(CC(=O)N2CC3(C2)CN(C(=O)c2ccc(Oc4ccc(C(F)(F)F)cc4)cc2)C3)cc1. The minimum atomic E-state index is -4.40. The Bertz CT molecular complexity index is 1280. The highest BCUT2D eigenvalue weighted by molar-refractivity contribution is 7.98. The number of hydrogen-bond acceptors (Lipinski definition) is 4. The van der Waals surface area contributed by atoms with Gasteiger partial charge in [-0.05, 0) is 72.5 Å². The van der Waals surface area contributed by atoms with Gasteiger partial charge in [-0.2, -0.15) is 13.2 Å². The minimum absolute atomic E-state index is 0.0142. The van der Waals surface area contributed by atoms with Crippen LogP contribution in [0.5, 0.6) is 11.5 Å². The van der Waals surface area contributed by atoms with E-state index in [0.29, 0.717) is 43.9 Å². The molecule has 0 unspecified atom stereocenters. The third-order valence-corrected chi connectivity index (χ3v) is 7.52. The van der Waals surface area contributed by atoms with E-state index in [1.54, 1.807) is 40.9 Å². The standard InChI is InChI=1S/C28H25F3N2O3S/c1-37-24-12-2-19(3-13-24)14-25(34)32-15-27(16-32)17-33(18-27)26(35)20-4-8-22(9-5-20)36-23-10-6-21(7-11-23)28(29,30)31/h2-13H,14-18H2,1H3. The quantitative estimate of drug-likeness (QED) is 0.384. The second-order valence-corrected chi connectivity index (χ2v) is 10.5. The Hall–Kier alpha value is -3.46. The number of amides is 2. The Balaban J connectivity index is 1.09. The maximum atomic E-state index is 12.9. The monoisotopic (exact) mass is 526 g/mol. The molecule has 3 aromatic carbocycles. The molecule has 9 heteroatoms. The highest BCUT2D eigenvalue weighted by atomic mass is 32.2. The zero-order chi connectivity index (χ0) is 26.2. The molecule has 2 heterocycles. The molecule has 2 saturated heterocycles. The van der Waals surface area contributed by atoms with Crippen molar-refractivity contribution in [1.29, 1.82) is 0 Å². The largest absolute Gasteiger partial charge is 0.457 e. The molecule has 192 valence electrons. The molecule has 0 aromatic heterocycles. The average Bonchev–Trinajstić information content (AvgIpc) is 2.83. The first-order chi connectivity index (χ1) is 17.6. The molecule has 0 saturated carbocycles. The average molecular weight is 527 g/mol. The van der Waals surface area contributed by atoms with Crippen LogP contribution < -0.4 is 4.74 Å². The maximum absolute atomic E-state index is 12.9. The van der Waals surface area contributed by atoms with Crippen molar-refractivity contribution in [2.24, 2.45) is 5.41 Å². The summed E-state index contributed by atoms with van der Waals surface area (Å²) < 4.78 is 43.7. The van der Waals surface area contributed by atoms with Gasteiger partial charge in [0.25, 0.3) is 5.91 Å². The molecule has 2 aliphatic rings. The van der Waals surface area contributed by atoms with E-state index in [9.17, 15) is 22.8 Å². The number of carbonyl (C=O) groups is 2. The molecule has 2 fully saturated rings. The fraction of sp³-hybridized carbons (Fsp3) is 0.286. The lowest BCUT2D eigenvalue weighted by Crippen LogP contribution is -2.73. The molecule has 0 bridgehead atoms. The van der Waals surface area contributed by atoms with Crippen LogP contribution in [0.15, 0.2) is 77.7 Å². The van der Waals surface area contributed by atoms with Crippen molar-refractivity contribution in [3.63, 3.8) is 0 Å². The van der Waals surface area contributed by atoms with Crippen molar-refractivity contribution in [1.82, 2.24) is 9.80 Å². The van der Waals surface area contributed by atoms with Crippen molar-refractivity contribution in [2.75, 3.05) is 32.4 Å². The van der Waals surface area contributed by atoms with Crippen LogP contribution in [0.3, 0.4) is 0 Å². The third-order valence-electron chi connectivity index (χ3n) is 6.78. The smallest absolute Gasteiger partial charge is 0.416 e. The third kappa shape index (κ3) is 5.46. The molecule has 0 aliphatic carbocycles. The minimum Gasteiger partial charge on any atom is -0.457 e. The molecule has 37 heavy (non-hydrogen) atoms. The summed E-state index contributed by atoms with van der Waals surface area (Å²) in [5.41, 5.74) is 0.753. The molecule has 1 spiro atoms. The summed E-state index contributed by atoms with van der Waals surface area (Å²) in [4.78, 5) is 30.3. The number of hydrogen-bond donors (Lipinski definition) is 0. The van der Waals surface area contributed by atoms with E-state index in [4.69, 9.17) is 4.74 Å². The van der Waals surface area contributed by atoms with Gasteiger partial charge in [-0.1, -0.05) is 12.1 Å². The maximum Gasteiger partial charge on any atom is 0.416 e. The number of likely N-dealkylation sites (tertiary alicyclic amines) is 2. The normalized spacial score (nSPS) is 16.2. The van der Waals surface area contributed by atoms with Crippen LogP contribution >= 0.6 is 11.8 Å². The van der Waals surface area contributed by atoms with E-state index in [1.165, 1.54) is 17.0 Å². The van der Waals surface area contributed by atoms with Gasteiger partial charge < -0.3 is 14.5 Å². The van der Waals surface area contributed by atoms with Crippen molar-refractivity contribution in [2.45, 2.75) is 17.5 Å². The zero-order valence-electron chi connectivity index (χ0n) is 20.1. The molecular weight excluding hydrogens is 501 g/mol. The first-order valence-electron chi connectivity index (χ1n) is 11.8. The molecule has 5 nitrogen and oxygen atoms in total. The lowest BCUT2D eigenvalue weighted by Gasteiger charge is -2.60. The first kappa shape index (κ1) is 25.2. The van der Waals surface area contributed by atoms with Crippen LogP contribution in [0.1, 0.15) is 21.5 Å². The molecule has 2 aliphatic heterocycles. The van der Waals surface area contributed by atoms with Crippen LogP contribution in [0, 0.1) is 5.41 Å². The van der Waals surface area contributed by atoms with E-state index in [2.05, 4.69) is 0 Å². The van der Waals surface area contributed by atoms with E-state index in [-0.39, 0.29) is 23.0 Å². The second-order valence-electron chi connectivity index (χ2n) is 9.58. The fourth-order valence-electron chi connectivity index (χ4n) is 4.77. The molecule has 2 amide bonds. The number of halogens is 3. The predicted molar refractivity (Wildman–Crippen MR) is 135 cm³/mol. The van der Waals surface area contributed by atoms with Crippen molar-refractivity contribution in [3.05, 3.63) is 89.5 Å². The molecule has 0 radical (unpaired) electrons. The molecule has 0 N–H and O–H groups in total. The van der Waals surface area contributed by atoms with Crippen molar-refractivity contribution < 1.29 is 27.5 Å². The Morgan fingerprint density at radius 2 is 1.38 bits per heavy atom. The van der Waals surface area contributed by atoms with Crippen molar-refractivity contribution in [3.8, 4) is 11.5 Å². The second kappa shape index (κ2) is 9.78. The van der Waals surface area contributed by atoms with E-state index in [0.717, 1.165) is 17.7 Å². The topological polar surface area (TPSA) is 49.9 Å². The number of benzene rings is 3. The summed E-state index contributed by atoms with van der Waals surface area (Å²) in [6, 6.07) is 19.0. The summed E-state index contributed by atoms with van der Waals surface area (Å²) in [7, 11) is 0. The Labute approximate surface area is 217 Å². The zero-order valence-corrected chi connectivity index (χ0v) is 20.9. The van der Waals surface area contributed by atoms with Crippen LogP contribution in [0.2, 0.25) is 0 Å². The van der Waals surface area contributed by atoms with Gasteiger partial charge in [0.15, 0.2) is 0 Å². The van der Waals surface area contributed by atoms with Crippen LogP contribution in [-0.2, 0) is 17.4 Å². The number of ether oxygens (including phenoxy) is 1. The van der Waals surface area contributed by atoms with Crippen LogP contribution in [0.4, 0.5) is 13.2 Å². The number of thioether (sulfide) groups is 1. The van der Waals surface area contributed by atoms with E-state index in [1.807, 2.05) is 35.4 Å². The van der Waals surface area contributed by atoms with Gasteiger partial charge in [0, 0.05) is 42.1 Å². The molecule has 3 aromatic rings. The fourth-order valence-corrected chi connectivity index (χ4v) is 5.18. The summed E-state index contributed by atoms with van der Waals surface area (Å²) in [6.45, 7) is 2.56. The van der Waals surface area contributed by atoms with Gasteiger partial charge in [-0.3, -0.25) is 9.59 Å². The summed E-state index contributed by atoms with van der Waals surface area (Å²) in [5.74, 6) is 0.715. The van der Waals surface area contributed by atoms with Gasteiger partial charge in [0.2, 0.25) is 5.91 Å². The van der Waals surface area contributed by atoms with Gasteiger partial charge in [-0.25, -0.2) is 0 Å². The number of rotatable bonds is 6. The van der Waals surface area contributed by atoms with Gasteiger partial charge in [0.1, 0.15) is 11.5 Å². The summed E-state index contributed by atoms with van der Waals surface area (Å²) in [5, 5.41) is 0. The number of alkyl halides is 3. The van der Waals surface area contributed by atoms with Gasteiger partial charge in [0.05, 0.1) is 12.0 Å². The first-order valence-corrected chi connectivity index (χ1v) is 13.0. The van der Waals surface area contributed by atoms with E-state index >= 15 is 0 Å². The Kier molecular flexibility index (Phi) is 6.66. The summed E-state index contributed by atoms with van der Waals surface area (Å²) in [6.07, 6.45) is -2.00. The lowest BCUT2D eigenvalue weighted by molar-refractivity contribution is -0.153.